The second-order valence-corrected chi connectivity index (χ2v) is 7.08. The van der Waals surface area contributed by atoms with Gasteiger partial charge >= 0.3 is 0 Å². The quantitative estimate of drug-likeness (QED) is 0.289. The normalized spacial score (nSPS) is 11.5. The second kappa shape index (κ2) is 7.72. The number of hydrogen-bond donors (Lipinski definition) is 1. The summed E-state index contributed by atoms with van der Waals surface area (Å²) in [5.41, 5.74) is 3.94. The zero-order chi connectivity index (χ0) is 21.4. The minimum Gasteiger partial charge on any atom is -0.493 e. The van der Waals surface area contributed by atoms with Gasteiger partial charge in [0.25, 0.3) is 0 Å². The Bertz CT molecular complexity index is 1260. The molecule has 4 rings (SSSR count). The first-order valence-corrected chi connectivity index (χ1v) is 9.47. The van der Waals surface area contributed by atoms with Crippen molar-refractivity contribution >= 4 is 45.9 Å². The summed E-state index contributed by atoms with van der Waals surface area (Å²) in [4.78, 5) is 11.2. The molecule has 0 fully saturated rings. The van der Waals surface area contributed by atoms with Gasteiger partial charge in [0.1, 0.15) is 11.7 Å². The largest absolute Gasteiger partial charge is 0.493 e. The van der Waals surface area contributed by atoms with Crippen LogP contribution in [0.15, 0.2) is 41.7 Å². The van der Waals surface area contributed by atoms with Crippen LogP contribution in [0.4, 0.5) is 11.5 Å². The molecule has 0 spiro atoms. The Balaban J connectivity index is 2.09. The smallest absolute Gasteiger partial charge is 0.163 e. The number of para-hydroxylation sites is 1. The molecule has 8 nitrogen and oxygen atoms in total. The van der Waals surface area contributed by atoms with Gasteiger partial charge in [0.15, 0.2) is 23.1 Å². The number of imidazole rings is 1. The maximum absolute atomic E-state index is 9.11. The zero-order valence-corrected chi connectivity index (χ0v) is 17.7. The lowest BCUT2D eigenvalue weighted by molar-refractivity contribution is 0.321. The lowest BCUT2D eigenvalue weighted by Crippen LogP contribution is -2.15. The summed E-state index contributed by atoms with van der Waals surface area (Å²) in [6.07, 6.45) is 2.95. The van der Waals surface area contributed by atoms with Crippen molar-refractivity contribution in [1.29, 1.82) is 0 Å². The first kappa shape index (κ1) is 19.8. The molecule has 2 aromatic heterocycles. The number of aromatic nitrogens is 3. The molecule has 1 N–H and O–H groups in total. The molecule has 30 heavy (non-hydrogen) atoms. The van der Waals surface area contributed by atoms with Crippen molar-refractivity contribution in [3.63, 3.8) is 0 Å². The van der Waals surface area contributed by atoms with Gasteiger partial charge in [-0.2, -0.15) is 0 Å². The molecule has 0 saturated carbocycles. The maximum Gasteiger partial charge on any atom is 0.163 e. The molecule has 0 unspecified atom stereocenters. The van der Waals surface area contributed by atoms with Crippen molar-refractivity contribution in [2.45, 2.75) is 6.92 Å². The standard InChI is InChI=1S/C21H20ClN5O3/c1-12-6-5-7-13(22)20(12)26(2)21-16-10-23-19(11-24-28)27(16)15-9-18(30-4)17(29-3)8-14(15)25-21/h5-11,28H,1-4H3/b24-11-. The number of hydrogen-bond acceptors (Lipinski definition) is 7. The Morgan fingerprint density at radius 3 is 2.57 bits per heavy atom. The van der Waals surface area contributed by atoms with E-state index in [2.05, 4.69) is 10.1 Å². The van der Waals surface area contributed by atoms with Crippen molar-refractivity contribution in [2.24, 2.45) is 5.16 Å². The molecular formula is C21H20ClN5O3. The van der Waals surface area contributed by atoms with Gasteiger partial charge in [-0.3, -0.25) is 4.40 Å². The molecule has 0 saturated heterocycles. The van der Waals surface area contributed by atoms with Crippen LogP contribution in [-0.2, 0) is 0 Å². The van der Waals surface area contributed by atoms with Crippen LogP contribution in [0.25, 0.3) is 16.6 Å². The highest BCUT2D eigenvalue weighted by Crippen LogP contribution is 2.38. The predicted molar refractivity (Wildman–Crippen MR) is 117 cm³/mol. The minimum atomic E-state index is 0.442. The Kier molecular flexibility index (Phi) is 5.09. The van der Waals surface area contributed by atoms with Gasteiger partial charge in [0.2, 0.25) is 0 Å². The summed E-state index contributed by atoms with van der Waals surface area (Å²) in [6.45, 7) is 1.99. The highest BCUT2D eigenvalue weighted by Gasteiger charge is 2.20. The van der Waals surface area contributed by atoms with Gasteiger partial charge in [0.05, 0.1) is 42.2 Å². The molecule has 0 atom stereocenters. The molecule has 154 valence electrons. The van der Waals surface area contributed by atoms with Crippen molar-refractivity contribution < 1.29 is 14.7 Å². The van der Waals surface area contributed by atoms with E-state index in [0.717, 1.165) is 16.8 Å². The number of halogens is 1. The van der Waals surface area contributed by atoms with Gasteiger partial charge < -0.3 is 19.6 Å². The van der Waals surface area contributed by atoms with Crippen molar-refractivity contribution in [3.05, 3.63) is 52.9 Å². The van der Waals surface area contributed by atoms with E-state index >= 15 is 0 Å². The fourth-order valence-electron chi connectivity index (χ4n) is 3.62. The Morgan fingerprint density at radius 2 is 1.90 bits per heavy atom. The maximum atomic E-state index is 9.11. The van der Waals surface area contributed by atoms with Gasteiger partial charge in [-0.15, -0.1) is 0 Å². The van der Waals surface area contributed by atoms with Crippen LogP contribution in [0.2, 0.25) is 5.02 Å². The molecule has 0 radical (unpaired) electrons. The summed E-state index contributed by atoms with van der Waals surface area (Å²) < 4.78 is 12.7. The molecular weight excluding hydrogens is 406 g/mol. The average Bonchev–Trinajstić information content (AvgIpc) is 3.16. The van der Waals surface area contributed by atoms with Crippen LogP contribution in [0.3, 0.4) is 0 Å². The van der Waals surface area contributed by atoms with Crippen LogP contribution in [0.1, 0.15) is 11.4 Å². The number of benzene rings is 2. The number of rotatable bonds is 5. The minimum absolute atomic E-state index is 0.442. The zero-order valence-electron chi connectivity index (χ0n) is 16.9. The van der Waals surface area contributed by atoms with Gasteiger partial charge in [-0.25, -0.2) is 9.97 Å². The first-order valence-electron chi connectivity index (χ1n) is 9.09. The predicted octanol–water partition coefficient (Wildman–Crippen LogP) is 4.44. The van der Waals surface area contributed by atoms with E-state index < -0.39 is 0 Å². The lowest BCUT2D eigenvalue weighted by atomic mass is 10.2. The van der Waals surface area contributed by atoms with E-state index in [1.807, 2.05) is 47.5 Å². The number of aryl methyl sites for hydroxylation is 1. The number of nitrogens with zero attached hydrogens (tertiary/aromatic N) is 5. The Labute approximate surface area is 177 Å². The number of anilines is 2. The molecule has 9 heteroatoms. The third-order valence-electron chi connectivity index (χ3n) is 4.98. The lowest BCUT2D eigenvalue weighted by Gasteiger charge is -2.23. The van der Waals surface area contributed by atoms with E-state index in [1.165, 1.54) is 6.21 Å². The Hall–Kier alpha value is -3.52. The summed E-state index contributed by atoms with van der Waals surface area (Å²) >= 11 is 6.50. The van der Waals surface area contributed by atoms with E-state index in [1.54, 1.807) is 26.5 Å². The number of oxime groups is 1. The van der Waals surface area contributed by atoms with Crippen molar-refractivity contribution in [1.82, 2.24) is 14.4 Å². The van der Waals surface area contributed by atoms with Gasteiger partial charge in [0, 0.05) is 19.2 Å². The molecule has 2 aromatic carbocycles. The van der Waals surface area contributed by atoms with Gasteiger partial charge in [-0.05, 0) is 18.6 Å². The number of fused-ring (bicyclic) bond motifs is 3. The Morgan fingerprint density at radius 1 is 1.17 bits per heavy atom. The van der Waals surface area contributed by atoms with Gasteiger partial charge in [-0.1, -0.05) is 28.9 Å². The molecule has 0 aliphatic carbocycles. The fourth-order valence-corrected chi connectivity index (χ4v) is 3.97. The van der Waals surface area contributed by atoms with E-state index in [-0.39, 0.29) is 0 Å². The average molecular weight is 426 g/mol. The van der Waals surface area contributed by atoms with Crippen LogP contribution < -0.4 is 14.4 Å². The molecule has 2 heterocycles. The summed E-state index contributed by atoms with van der Waals surface area (Å²) in [6, 6.07) is 9.35. The van der Waals surface area contributed by atoms with Crippen molar-refractivity contribution in [2.75, 3.05) is 26.2 Å². The highest BCUT2D eigenvalue weighted by atomic mass is 35.5. The van der Waals surface area contributed by atoms with Crippen molar-refractivity contribution in [3.8, 4) is 11.5 Å². The van der Waals surface area contributed by atoms with Crippen LogP contribution in [-0.4, -0.2) is 47.1 Å². The number of methoxy groups -OCH3 is 2. The third kappa shape index (κ3) is 3.05. The first-order chi connectivity index (χ1) is 14.5. The summed E-state index contributed by atoms with van der Waals surface area (Å²) in [5, 5.41) is 12.9. The molecule has 4 aromatic rings. The molecule has 0 amide bonds. The summed E-state index contributed by atoms with van der Waals surface area (Å²) in [5.74, 6) is 2.18. The second-order valence-electron chi connectivity index (χ2n) is 6.68. The number of ether oxygens (including phenoxy) is 2. The third-order valence-corrected chi connectivity index (χ3v) is 5.29. The molecule has 0 aliphatic heterocycles. The highest BCUT2D eigenvalue weighted by molar-refractivity contribution is 6.33. The molecule has 0 aliphatic rings. The monoisotopic (exact) mass is 425 g/mol. The van der Waals surface area contributed by atoms with Crippen LogP contribution >= 0.6 is 11.6 Å². The van der Waals surface area contributed by atoms with E-state index in [9.17, 15) is 0 Å². The fraction of sp³-hybridized carbons (Fsp3) is 0.190. The molecule has 0 bridgehead atoms. The summed E-state index contributed by atoms with van der Waals surface area (Å²) in [7, 11) is 5.04. The SMILES string of the molecule is COc1cc2nc(N(C)c3c(C)cccc3Cl)c3cnc(/C=N\O)n3c2cc1OC. The van der Waals surface area contributed by atoms with E-state index in [0.29, 0.717) is 39.2 Å². The topological polar surface area (TPSA) is 84.5 Å². The van der Waals surface area contributed by atoms with E-state index in [4.69, 9.17) is 31.3 Å². The van der Waals surface area contributed by atoms with Crippen LogP contribution in [0, 0.1) is 6.92 Å². The van der Waals surface area contributed by atoms with Crippen LogP contribution in [0.5, 0.6) is 11.5 Å².